The van der Waals surface area contributed by atoms with E-state index in [0.29, 0.717) is 13.1 Å². The first-order chi connectivity index (χ1) is 13.9. The fourth-order valence-corrected chi connectivity index (χ4v) is 3.74. The normalized spacial score (nSPS) is 11.1. The molecule has 0 atom stereocenters. The van der Waals surface area contributed by atoms with Gasteiger partial charge in [-0.15, -0.1) is 0 Å². The van der Waals surface area contributed by atoms with E-state index in [4.69, 9.17) is 9.88 Å². The summed E-state index contributed by atoms with van der Waals surface area (Å²) >= 11 is 0. The number of carbonyl (C=O) groups excluding carboxylic acids is 1. The zero-order chi connectivity index (χ0) is 20.9. The van der Waals surface area contributed by atoms with Crippen LogP contribution in [0.5, 0.6) is 5.75 Å². The second-order valence-electron chi connectivity index (χ2n) is 6.54. The smallest absolute Gasteiger partial charge is 0.254 e. The summed E-state index contributed by atoms with van der Waals surface area (Å²) in [6.45, 7) is 0.761. The molecule has 150 valence electrons. The number of nitrogens with zero attached hydrogens (tertiary/aromatic N) is 1. The molecule has 0 saturated heterocycles. The first kappa shape index (κ1) is 20.6. The molecule has 6 nitrogen and oxygen atoms in total. The van der Waals surface area contributed by atoms with Gasteiger partial charge in [0, 0.05) is 18.7 Å². The van der Waals surface area contributed by atoms with E-state index in [-0.39, 0.29) is 22.1 Å². The minimum Gasteiger partial charge on any atom is -0.495 e. The van der Waals surface area contributed by atoms with E-state index in [1.807, 2.05) is 60.7 Å². The predicted octanol–water partition coefficient (Wildman–Crippen LogP) is 3.19. The van der Waals surface area contributed by atoms with E-state index in [0.717, 1.165) is 11.1 Å². The molecule has 3 rings (SSSR count). The molecule has 2 N–H and O–H groups in total. The van der Waals surface area contributed by atoms with Crippen LogP contribution in [0.2, 0.25) is 0 Å². The lowest BCUT2D eigenvalue weighted by Gasteiger charge is -2.23. The van der Waals surface area contributed by atoms with Crippen molar-refractivity contribution in [1.82, 2.24) is 4.90 Å². The van der Waals surface area contributed by atoms with Gasteiger partial charge in [-0.2, -0.15) is 0 Å². The molecule has 0 heterocycles. The van der Waals surface area contributed by atoms with Crippen LogP contribution in [0.25, 0.3) is 0 Å². The van der Waals surface area contributed by atoms with Crippen LogP contribution in [-0.2, 0) is 23.1 Å². The first-order valence-electron chi connectivity index (χ1n) is 8.96. The Morgan fingerprint density at radius 1 is 0.897 bits per heavy atom. The number of benzene rings is 3. The molecule has 3 aromatic carbocycles. The number of rotatable bonds is 7. The Balaban J connectivity index is 1.97. The van der Waals surface area contributed by atoms with Crippen LogP contribution in [0, 0.1) is 0 Å². The highest BCUT2D eigenvalue weighted by Crippen LogP contribution is 2.25. The second kappa shape index (κ2) is 8.89. The molecule has 0 fully saturated rings. The minimum absolute atomic E-state index is 0.0988. The van der Waals surface area contributed by atoms with E-state index < -0.39 is 10.0 Å². The number of amides is 1. The number of carbonyl (C=O) groups is 1. The topological polar surface area (TPSA) is 89.7 Å². The molecule has 0 aliphatic heterocycles. The quantitative estimate of drug-likeness (QED) is 0.648. The molecule has 0 radical (unpaired) electrons. The molecular formula is C22H22N2O4S. The maximum absolute atomic E-state index is 13.3. The van der Waals surface area contributed by atoms with E-state index in [1.54, 1.807) is 11.0 Å². The van der Waals surface area contributed by atoms with Crippen LogP contribution in [0.4, 0.5) is 0 Å². The van der Waals surface area contributed by atoms with Gasteiger partial charge in [0.15, 0.2) is 0 Å². The molecule has 0 saturated carbocycles. The van der Waals surface area contributed by atoms with Crippen LogP contribution in [0.3, 0.4) is 0 Å². The lowest BCUT2D eigenvalue weighted by Crippen LogP contribution is -2.30. The van der Waals surface area contributed by atoms with Crippen LogP contribution in [0.15, 0.2) is 83.8 Å². The zero-order valence-corrected chi connectivity index (χ0v) is 16.8. The molecule has 1 amide bonds. The Hall–Kier alpha value is -3.16. The standard InChI is InChI=1S/C22H22N2O4S/c1-28-20-13-12-19(14-21(20)29(23,26)27)22(25)24(15-17-8-4-2-5-9-17)16-18-10-6-3-7-11-18/h2-14H,15-16H2,1H3,(H2,23,26,27). The fourth-order valence-electron chi connectivity index (χ4n) is 3.02. The van der Waals surface area contributed by atoms with Gasteiger partial charge in [-0.25, -0.2) is 13.6 Å². The van der Waals surface area contributed by atoms with Crippen LogP contribution in [0.1, 0.15) is 21.5 Å². The van der Waals surface area contributed by atoms with Crippen LogP contribution < -0.4 is 9.88 Å². The highest BCUT2D eigenvalue weighted by atomic mass is 32.2. The summed E-state index contributed by atoms with van der Waals surface area (Å²) in [4.78, 5) is 14.7. The van der Waals surface area contributed by atoms with Gasteiger partial charge in [-0.3, -0.25) is 4.79 Å². The van der Waals surface area contributed by atoms with Gasteiger partial charge < -0.3 is 9.64 Å². The van der Waals surface area contributed by atoms with Crippen LogP contribution in [-0.4, -0.2) is 26.3 Å². The molecule has 0 aliphatic carbocycles. The third kappa shape index (κ3) is 5.22. The average Bonchev–Trinajstić information content (AvgIpc) is 2.73. The van der Waals surface area contributed by atoms with Crippen LogP contribution >= 0.6 is 0 Å². The molecule has 0 aromatic heterocycles. The number of hydrogen-bond acceptors (Lipinski definition) is 4. The number of sulfonamides is 1. The van der Waals surface area contributed by atoms with Gasteiger partial charge in [-0.05, 0) is 29.3 Å². The highest BCUT2D eigenvalue weighted by Gasteiger charge is 2.22. The summed E-state index contributed by atoms with van der Waals surface area (Å²) in [5.41, 5.74) is 2.16. The Morgan fingerprint density at radius 3 is 1.86 bits per heavy atom. The fraction of sp³-hybridized carbons (Fsp3) is 0.136. The highest BCUT2D eigenvalue weighted by molar-refractivity contribution is 7.89. The molecule has 0 aliphatic rings. The van der Waals surface area contributed by atoms with E-state index in [2.05, 4.69) is 0 Å². The summed E-state index contributed by atoms with van der Waals surface area (Å²) in [6, 6.07) is 23.5. The lowest BCUT2D eigenvalue weighted by molar-refractivity contribution is 0.0729. The zero-order valence-electron chi connectivity index (χ0n) is 16.0. The van der Waals surface area contributed by atoms with Gasteiger partial charge in [-0.1, -0.05) is 60.7 Å². The summed E-state index contributed by atoms with van der Waals surface area (Å²) in [5.74, 6) is -0.202. The third-order valence-electron chi connectivity index (χ3n) is 4.44. The largest absolute Gasteiger partial charge is 0.495 e. The maximum atomic E-state index is 13.3. The van der Waals surface area contributed by atoms with E-state index in [9.17, 15) is 13.2 Å². The number of hydrogen-bond donors (Lipinski definition) is 1. The monoisotopic (exact) mass is 410 g/mol. The van der Waals surface area contributed by atoms with Gasteiger partial charge in [0.05, 0.1) is 7.11 Å². The van der Waals surface area contributed by atoms with Crippen molar-refractivity contribution in [1.29, 1.82) is 0 Å². The SMILES string of the molecule is COc1ccc(C(=O)N(Cc2ccccc2)Cc2ccccc2)cc1S(N)(=O)=O. The van der Waals surface area contributed by atoms with Gasteiger partial charge >= 0.3 is 0 Å². The van der Waals surface area contributed by atoms with Crippen molar-refractivity contribution in [3.63, 3.8) is 0 Å². The second-order valence-corrected chi connectivity index (χ2v) is 8.07. The van der Waals surface area contributed by atoms with Crippen molar-refractivity contribution in [3.8, 4) is 5.75 Å². The van der Waals surface area contributed by atoms with Gasteiger partial charge in [0.25, 0.3) is 5.91 Å². The maximum Gasteiger partial charge on any atom is 0.254 e. The number of primary sulfonamides is 1. The minimum atomic E-state index is -4.04. The molecule has 0 bridgehead atoms. The van der Waals surface area contributed by atoms with Crippen molar-refractivity contribution in [2.24, 2.45) is 5.14 Å². The number of nitrogens with two attached hydrogens (primary N) is 1. The Morgan fingerprint density at radius 2 is 1.41 bits per heavy atom. The molecule has 7 heteroatoms. The summed E-state index contributed by atoms with van der Waals surface area (Å²) in [6.07, 6.45) is 0. The van der Waals surface area contributed by atoms with Crippen molar-refractivity contribution in [2.45, 2.75) is 18.0 Å². The Bertz CT molecular complexity index is 1040. The number of ether oxygens (including phenoxy) is 1. The van der Waals surface area contributed by atoms with Gasteiger partial charge in [0.2, 0.25) is 10.0 Å². The average molecular weight is 410 g/mol. The van der Waals surface area contributed by atoms with E-state index in [1.165, 1.54) is 19.2 Å². The molecule has 29 heavy (non-hydrogen) atoms. The molecule has 0 spiro atoms. The molecule has 3 aromatic rings. The summed E-state index contributed by atoms with van der Waals surface area (Å²) < 4.78 is 28.9. The van der Waals surface area contributed by atoms with Crippen molar-refractivity contribution >= 4 is 15.9 Å². The Labute approximate surface area is 170 Å². The van der Waals surface area contributed by atoms with Gasteiger partial charge in [0.1, 0.15) is 10.6 Å². The molecular weight excluding hydrogens is 388 g/mol. The first-order valence-corrected chi connectivity index (χ1v) is 10.5. The Kier molecular flexibility index (Phi) is 6.31. The summed E-state index contributed by atoms with van der Waals surface area (Å²) in [7, 11) is -2.69. The summed E-state index contributed by atoms with van der Waals surface area (Å²) in [5, 5.41) is 5.29. The third-order valence-corrected chi connectivity index (χ3v) is 5.37. The number of methoxy groups -OCH3 is 1. The van der Waals surface area contributed by atoms with Crippen molar-refractivity contribution in [2.75, 3.05) is 7.11 Å². The predicted molar refractivity (Wildman–Crippen MR) is 111 cm³/mol. The van der Waals surface area contributed by atoms with E-state index >= 15 is 0 Å². The lowest BCUT2D eigenvalue weighted by atomic mass is 10.1. The molecule has 0 unspecified atom stereocenters. The van der Waals surface area contributed by atoms with Crippen molar-refractivity contribution in [3.05, 3.63) is 95.6 Å². The van der Waals surface area contributed by atoms with Crippen molar-refractivity contribution < 1.29 is 17.9 Å².